The van der Waals surface area contributed by atoms with Crippen LogP contribution in [0.5, 0.6) is 0 Å². The molecule has 2 aliphatic heterocycles. The molecule has 0 saturated carbocycles. The summed E-state index contributed by atoms with van der Waals surface area (Å²) in [7, 11) is -0.645. The van der Waals surface area contributed by atoms with Crippen molar-refractivity contribution in [3.05, 3.63) is 29.6 Å². The normalized spacial score (nSPS) is 25.3. The topological polar surface area (TPSA) is 64.8 Å². The predicted octanol–water partition coefficient (Wildman–Crippen LogP) is 1.30. The molecule has 0 spiro atoms. The van der Waals surface area contributed by atoms with Gasteiger partial charge in [0.1, 0.15) is 5.82 Å². The summed E-state index contributed by atoms with van der Waals surface area (Å²) < 4.78 is 26.3. The van der Waals surface area contributed by atoms with Gasteiger partial charge in [-0.15, -0.1) is 0 Å². The van der Waals surface area contributed by atoms with Gasteiger partial charge in [-0.05, 0) is 51.7 Å². The number of hydrogen-bond acceptors (Lipinski definition) is 4. The minimum absolute atomic E-state index is 0.0268. The average molecular weight is 334 g/mol. The van der Waals surface area contributed by atoms with Crippen molar-refractivity contribution in [3.8, 4) is 0 Å². The molecule has 1 atom stereocenters. The second kappa shape index (κ2) is 5.83. The average Bonchev–Trinajstić information content (AvgIpc) is 3.00. The Bertz CT molecular complexity index is 649. The zero-order valence-electron chi connectivity index (χ0n) is 14.6. The van der Waals surface area contributed by atoms with Gasteiger partial charge in [0, 0.05) is 19.1 Å². The maximum atomic E-state index is 14.5. The van der Waals surface area contributed by atoms with Crippen LogP contribution in [0, 0.1) is 5.82 Å². The van der Waals surface area contributed by atoms with Crippen molar-refractivity contribution in [2.24, 2.45) is 5.73 Å². The fourth-order valence-corrected chi connectivity index (χ4v) is 2.97. The maximum Gasteiger partial charge on any atom is 0.494 e. The van der Waals surface area contributed by atoms with Gasteiger partial charge in [-0.3, -0.25) is 4.79 Å². The summed E-state index contributed by atoms with van der Waals surface area (Å²) in [4.78, 5) is 14.0. The Balaban J connectivity index is 1.80. The number of nitrogens with two attached hydrogens (primary N) is 1. The molecular weight excluding hydrogens is 310 g/mol. The van der Waals surface area contributed by atoms with Crippen LogP contribution in [0.1, 0.15) is 44.5 Å². The van der Waals surface area contributed by atoms with Crippen molar-refractivity contribution < 1.29 is 18.5 Å². The van der Waals surface area contributed by atoms with Crippen molar-refractivity contribution in [1.29, 1.82) is 0 Å². The van der Waals surface area contributed by atoms with E-state index in [1.165, 1.54) is 12.1 Å². The molecule has 2 saturated heterocycles. The summed E-state index contributed by atoms with van der Waals surface area (Å²) in [6.07, 6.45) is 0.749. The SMILES string of the molecule is CC1(C)OB(c2ccc(C(=O)N3CCC(N)C3)c(F)c2)OC1(C)C. The third kappa shape index (κ3) is 2.96. The third-order valence-electron chi connectivity index (χ3n) is 5.26. The van der Waals surface area contributed by atoms with E-state index in [9.17, 15) is 9.18 Å². The summed E-state index contributed by atoms with van der Waals surface area (Å²) in [5.41, 5.74) is 5.46. The van der Waals surface area contributed by atoms with Crippen LogP contribution < -0.4 is 11.2 Å². The molecule has 1 unspecified atom stereocenters. The number of carbonyl (C=O) groups excluding carboxylic acids is 1. The molecule has 1 aromatic carbocycles. The van der Waals surface area contributed by atoms with Crippen molar-refractivity contribution in [1.82, 2.24) is 4.90 Å². The zero-order valence-corrected chi connectivity index (χ0v) is 14.6. The maximum absolute atomic E-state index is 14.5. The second-order valence-electron chi connectivity index (χ2n) is 7.63. The number of hydrogen-bond donors (Lipinski definition) is 1. The highest BCUT2D eigenvalue weighted by molar-refractivity contribution is 6.62. The van der Waals surface area contributed by atoms with Crippen molar-refractivity contribution >= 4 is 18.5 Å². The van der Waals surface area contributed by atoms with E-state index in [-0.39, 0.29) is 17.5 Å². The number of amides is 1. The van der Waals surface area contributed by atoms with E-state index in [0.29, 0.717) is 18.6 Å². The highest BCUT2D eigenvalue weighted by atomic mass is 19.1. The van der Waals surface area contributed by atoms with Crippen molar-refractivity contribution in [2.75, 3.05) is 13.1 Å². The van der Waals surface area contributed by atoms with E-state index in [4.69, 9.17) is 15.0 Å². The molecule has 1 amide bonds. The van der Waals surface area contributed by atoms with Crippen LogP contribution in [0.25, 0.3) is 0 Å². The van der Waals surface area contributed by atoms with Gasteiger partial charge < -0.3 is 19.9 Å². The molecule has 7 heteroatoms. The minimum atomic E-state index is -0.645. The number of carbonyl (C=O) groups is 1. The molecule has 130 valence electrons. The molecular formula is C17H24BFN2O3. The highest BCUT2D eigenvalue weighted by Crippen LogP contribution is 2.36. The van der Waals surface area contributed by atoms with Gasteiger partial charge in [-0.2, -0.15) is 0 Å². The molecule has 0 aliphatic carbocycles. The first-order valence-electron chi connectivity index (χ1n) is 8.31. The lowest BCUT2D eigenvalue weighted by molar-refractivity contribution is 0.00578. The number of nitrogens with zero attached hydrogens (tertiary/aromatic N) is 1. The minimum Gasteiger partial charge on any atom is -0.399 e. The van der Waals surface area contributed by atoms with Gasteiger partial charge in [-0.25, -0.2) is 4.39 Å². The first-order valence-corrected chi connectivity index (χ1v) is 8.31. The molecule has 2 N–H and O–H groups in total. The predicted molar refractivity (Wildman–Crippen MR) is 90.6 cm³/mol. The Hall–Kier alpha value is -1.44. The monoisotopic (exact) mass is 334 g/mol. The molecule has 2 aliphatic rings. The first kappa shape index (κ1) is 17.4. The highest BCUT2D eigenvalue weighted by Gasteiger charge is 2.51. The smallest absolute Gasteiger partial charge is 0.399 e. The summed E-state index contributed by atoms with van der Waals surface area (Å²) in [5, 5.41) is 0. The van der Waals surface area contributed by atoms with E-state index in [2.05, 4.69) is 0 Å². The van der Waals surface area contributed by atoms with E-state index >= 15 is 0 Å². The Kier molecular flexibility index (Phi) is 4.22. The molecule has 5 nitrogen and oxygen atoms in total. The lowest BCUT2D eigenvalue weighted by Gasteiger charge is -2.32. The van der Waals surface area contributed by atoms with E-state index in [1.807, 2.05) is 27.7 Å². The summed E-state index contributed by atoms with van der Waals surface area (Å²) in [5.74, 6) is -0.881. The fourth-order valence-electron chi connectivity index (χ4n) is 2.97. The Morgan fingerprint density at radius 2 is 1.92 bits per heavy atom. The quantitative estimate of drug-likeness (QED) is 0.828. The molecule has 0 radical (unpaired) electrons. The van der Waals surface area contributed by atoms with E-state index in [0.717, 1.165) is 6.42 Å². The van der Waals surface area contributed by atoms with Gasteiger partial charge in [0.25, 0.3) is 5.91 Å². The number of likely N-dealkylation sites (tertiary alicyclic amines) is 1. The lowest BCUT2D eigenvalue weighted by Crippen LogP contribution is -2.41. The van der Waals surface area contributed by atoms with Gasteiger partial charge in [0.2, 0.25) is 0 Å². The molecule has 24 heavy (non-hydrogen) atoms. The number of benzene rings is 1. The summed E-state index contributed by atoms with van der Waals surface area (Å²) in [6.45, 7) is 8.81. The van der Waals surface area contributed by atoms with Gasteiger partial charge in [0.05, 0.1) is 16.8 Å². The van der Waals surface area contributed by atoms with Crippen LogP contribution in [0.4, 0.5) is 4.39 Å². The molecule has 2 heterocycles. The molecule has 2 fully saturated rings. The summed E-state index contributed by atoms with van der Waals surface area (Å²) in [6, 6.07) is 4.49. The summed E-state index contributed by atoms with van der Waals surface area (Å²) >= 11 is 0. The van der Waals surface area contributed by atoms with Gasteiger partial charge in [0.15, 0.2) is 0 Å². The first-order chi connectivity index (χ1) is 11.1. The fraction of sp³-hybridized carbons (Fsp3) is 0.588. The number of rotatable bonds is 2. The second-order valence-corrected chi connectivity index (χ2v) is 7.63. The molecule has 0 aromatic heterocycles. The standard InChI is InChI=1S/C17H24BFN2O3/c1-16(2)17(3,4)24-18(23-16)11-5-6-13(14(19)9-11)15(22)21-8-7-12(20)10-21/h5-6,9,12H,7-8,10,20H2,1-4H3. The van der Waals surface area contributed by atoms with Crippen molar-refractivity contribution in [3.63, 3.8) is 0 Å². The largest absolute Gasteiger partial charge is 0.494 e. The Morgan fingerprint density at radius 3 is 2.42 bits per heavy atom. The van der Waals surface area contributed by atoms with E-state index in [1.54, 1.807) is 11.0 Å². The van der Waals surface area contributed by atoms with Crippen LogP contribution in [0.15, 0.2) is 18.2 Å². The Labute approximate surface area is 142 Å². The van der Waals surface area contributed by atoms with Gasteiger partial charge in [-0.1, -0.05) is 6.07 Å². The molecule has 1 aromatic rings. The zero-order chi connectivity index (χ0) is 17.7. The van der Waals surface area contributed by atoms with Crippen molar-refractivity contribution in [2.45, 2.75) is 51.4 Å². The molecule has 3 rings (SSSR count). The third-order valence-corrected chi connectivity index (χ3v) is 5.26. The van der Waals surface area contributed by atoms with Crippen LogP contribution in [0.3, 0.4) is 0 Å². The Morgan fingerprint density at radius 1 is 1.29 bits per heavy atom. The number of halogens is 1. The van der Waals surface area contributed by atoms with Gasteiger partial charge >= 0.3 is 7.12 Å². The lowest BCUT2D eigenvalue weighted by atomic mass is 9.78. The van der Waals surface area contributed by atoms with Crippen LogP contribution in [-0.4, -0.2) is 48.3 Å². The van der Waals surface area contributed by atoms with E-state index < -0.39 is 24.1 Å². The van der Waals surface area contributed by atoms with Crippen LogP contribution >= 0.6 is 0 Å². The molecule has 0 bridgehead atoms. The van der Waals surface area contributed by atoms with Crippen LogP contribution in [-0.2, 0) is 9.31 Å². The van der Waals surface area contributed by atoms with Crippen LogP contribution in [0.2, 0.25) is 0 Å².